The van der Waals surface area contributed by atoms with Crippen LogP contribution in [0.1, 0.15) is 5.56 Å². The second-order valence-electron chi connectivity index (χ2n) is 6.36. The van der Waals surface area contributed by atoms with Crippen LogP contribution >= 0.6 is 11.3 Å². The van der Waals surface area contributed by atoms with Gasteiger partial charge in [0.15, 0.2) is 0 Å². The first-order valence-electron chi connectivity index (χ1n) is 8.51. The van der Waals surface area contributed by atoms with Crippen LogP contribution in [0.3, 0.4) is 0 Å². The molecule has 0 fully saturated rings. The lowest BCUT2D eigenvalue weighted by atomic mass is 10.0. The van der Waals surface area contributed by atoms with Crippen molar-refractivity contribution in [3.63, 3.8) is 0 Å². The third-order valence-electron chi connectivity index (χ3n) is 4.65. The molecule has 27 heavy (non-hydrogen) atoms. The van der Waals surface area contributed by atoms with Crippen molar-refractivity contribution < 1.29 is 0 Å². The van der Waals surface area contributed by atoms with Crippen LogP contribution in [0.25, 0.3) is 43.6 Å². The first kappa shape index (κ1) is 15.8. The van der Waals surface area contributed by atoms with Crippen molar-refractivity contribution in [3.8, 4) is 22.5 Å². The minimum Gasteiger partial charge on any atom is -0.383 e. The first-order valence-corrected chi connectivity index (χ1v) is 9.39. The van der Waals surface area contributed by atoms with Crippen molar-refractivity contribution in [1.29, 1.82) is 0 Å². The van der Waals surface area contributed by atoms with E-state index in [0.717, 1.165) is 43.6 Å². The van der Waals surface area contributed by atoms with E-state index in [1.807, 2.05) is 18.2 Å². The topological polar surface area (TPSA) is 77.6 Å². The maximum Gasteiger partial charge on any atom is 0.136 e. The summed E-state index contributed by atoms with van der Waals surface area (Å²) in [6.07, 6.45) is 3.29. The Hall–Kier alpha value is -3.38. The Kier molecular flexibility index (Phi) is 3.58. The van der Waals surface area contributed by atoms with Crippen LogP contribution in [0, 0.1) is 6.92 Å². The second kappa shape index (κ2) is 6.10. The van der Waals surface area contributed by atoms with Crippen molar-refractivity contribution in [2.24, 2.45) is 0 Å². The highest BCUT2D eigenvalue weighted by Crippen LogP contribution is 2.37. The highest BCUT2D eigenvalue weighted by molar-refractivity contribution is 7.17. The molecule has 0 radical (unpaired) electrons. The van der Waals surface area contributed by atoms with E-state index >= 15 is 0 Å². The van der Waals surface area contributed by atoms with Gasteiger partial charge in [0.05, 0.1) is 22.3 Å². The SMILES string of the molecule is Cc1cc(-c2ccccn2)nc2cc(-c3csc4ncnc(N)c34)ccc12. The minimum absolute atomic E-state index is 0.503. The maximum atomic E-state index is 6.11. The van der Waals surface area contributed by atoms with E-state index in [4.69, 9.17) is 10.7 Å². The highest BCUT2D eigenvalue weighted by Gasteiger charge is 2.13. The summed E-state index contributed by atoms with van der Waals surface area (Å²) in [6, 6.07) is 14.2. The Labute approximate surface area is 159 Å². The van der Waals surface area contributed by atoms with Crippen molar-refractivity contribution in [2.75, 3.05) is 5.73 Å². The second-order valence-corrected chi connectivity index (χ2v) is 7.22. The zero-order valence-electron chi connectivity index (χ0n) is 14.5. The van der Waals surface area contributed by atoms with Crippen molar-refractivity contribution >= 4 is 38.3 Å². The number of fused-ring (bicyclic) bond motifs is 2. The molecule has 0 saturated heterocycles. The number of benzene rings is 1. The van der Waals surface area contributed by atoms with Crippen molar-refractivity contribution in [3.05, 3.63) is 65.9 Å². The lowest BCUT2D eigenvalue weighted by Crippen LogP contribution is -1.93. The van der Waals surface area contributed by atoms with Crippen molar-refractivity contribution in [2.45, 2.75) is 6.92 Å². The fourth-order valence-corrected chi connectivity index (χ4v) is 4.25. The molecule has 5 rings (SSSR count). The summed E-state index contributed by atoms with van der Waals surface area (Å²) in [5.74, 6) is 0.503. The van der Waals surface area contributed by atoms with E-state index in [2.05, 4.69) is 51.5 Å². The Balaban J connectivity index is 1.73. The van der Waals surface area contributed by atoms with Gasteiger partial charge in [-0.15, -0.1) is 11.3 Å². The van der Waals surface area contributed by atoms with Gasteiger partial charge in [-0.2, -0.15) is 0 Å². The molecular formula is C21H15N5S. The van der Waals surface area contributed by atoms with Crippen LogP contribution in [0.4, 0.5) is 5.82 Å². The zero-order valence-corrected chi connectivity index (χ0v) is 15.4. The number of nitrogens with zero attached hydrogens (tertiary/aromatic N) is 4. The number of aromatic nitrogens is 4. The predicted octanol–water partition coefficient (Wildman–Crippen LogP) is 4.86. The predicted molar refractivity (Wildman–Crippen MR) is 111 cm³/mol. The molecule has 0 aliphatic carbocycles. The summed E-state index contributed by atoms with van der Waals surface area (Å²) < 4.78 is 0. The summed E-state index contributed by atoms with van der Waals surface area (Å²) in [7, 11) is 0. The van der Waals surface area contributed by atoms with Gasteiger partial charge >= 0.3 is 0 Å². The van der Waals surface area contributed by atoms with E-state index in [9.17, 15) is 0 Å². The van der Waals surface area contributed by atoms with Crippen LogP contribution < -0.4 is 5.73 Å². The molecule has 5 nitrogen and oxygen atoms in total. The Morgan fingerprint density at radius 2 is 1.89 bits per heavy atom. The van der Waals surface area contributed by atoms with E-state index < -0.39 is 0 Å². The van der Waals surface area contributed by atoms with Gasteiger partial charge in [-0.05, 0) is 42.3 Å². The average Bonchev–Trinajstić information content (AvgIpc) is 3.14. The monoisotopic (exact) mass is 369 g/mol. The molecule has 0 bridgehead atoms. The average molecular weight is 369 g/mol. The largest absolute Gasteiger partial charge is 0.383 e. The molecule has 4 heterocycles. The summed E-state index contributed by atoms with van der Waals surface area (Å²) >= 11 is 1.57. The fourth-order valence-electron chi connectivity index (χ4n) is 3.33. The number of hydrogen-bond donors (Lipinski definition) is 1. The third kappa shape index (κ3) is 2.62. The molecule has 0 aliphatic heterocycles. The molecule has 0 atom stereocenters. The number of rotatable bonds is 2. The Morgan fingerprint density at radius 1 is 0.963 bits per heavy atom. The van der Waals surface area contributed by atoms with Gasteiger partial charge < -0.3 is 5.73 Å². The van der Waals surface area contributed by atoms with Crippen LogP contribution in [-0.4, -0.2) is 19.9 Å². The molecule has 0 aliphatic rings. The van der Waals surface area contributed by atoms with Crippen molar-refractivity contribution in [1.82, 2.24) is 19.9 Å². The standard InChI is InChI=1S/C21H15N5S/c1-12-8-18(16-4-2-3-7-23-16)26-17-9-13(5-6-14(12)17)15-10-27-21-19(15)20(22)24-11-25-21/h2-11H,1H3,(H2,22,24,25). The number of nitrogen functional groups attached to an aromatic ring is 1. The third-order valence-corrected chi connectivity index (χ3v) is 5.54. The quantitative estimate of drug-likeness (QED) is 0.481. The number of hydrogen-bond acceptors (Lipinski definition) is 6. The lowest BCUT2D eigenvalue weighted by molar-refractivity contribution is 1.24. The summed E-state index contributed by atoms with van der Waals surface area (Å²) in [5, 5.41) is 4.11. The van der Waals surface area contributed by atoms with E-state index in [0.29, 0.717) is 5.82 Å². The van der Waals surface area contributed by atoms with Crippen LogP contribution in [-0.2, 0) is 0 Å². The van der Waals surface area contributed by atoms with Gasteiger partial charge in [-0.3, -0.25) is 4.98 Å². The molecular weight excluding hydrogens is 354 g/mol. The van der Waals surface area contributed by atoms with E-state index in [-0.39, 0.29) is 0 Å². The molecule has 4 aromatic heterocycles. The van der Waals surface area contributed by atoms with Gasteiger partial charge in [0.25, 0.3) is 0 Å². The Bertz CT molecular complexity index is 1290. The van der Waals surface area contributed by atoms with Gasteiger partial charge in [-0.1, -0.05) is 18.2 Å². The minimum atomic E-state index is 0.503. The normalized spacial score (nSPS) is 11.3. The first-order chi connectivity index (χ1) is 13.2. The fraction of sp³-hybridized carbons (Fsp3) is 0.0476. The summed E-state index contributed by atoms with van der Waals surface area (Å²) in [5.41, 5.74) is 12.0. The molecule has 130 valence electrons. The number of pyridine rings is 2. The zero-order chi connectivity index (χ0) is 18.4. The van der Waals surface area contributed by atoms with Crippen LogP contribution in [0.15, 0.2) is 60.4 Å². The lowest BCUT2D eigenvalue weighted by Gasteiger charge is -2.08. The number of aryl methyl sites for hydroxylation is 1. The molecule has 1 aromatic carbocycles. The van der Waals surface area contributed by atoms with Gasteiger partial charge in [0.1, 0.15) is 17.0 Å². The maximum absolute atomic E-state index is 6.11. The smallest absolute Gasteiger partial charge is 0.136 e. The van der Waals surface area contributed by atoms with E-state index in [1.165, 1.54) is 11.9 Å². The van der Waals surface area contributed by atoms with Crippen LogP contribution in [0.2, 0.25) is 0 Å². The molecule has 2 N–H and O–H groups in total. The van der Waals surface area contributed by atoms with Gasteiger partial charge in [0, 0.05) is 22.5 Å². The number of thiophene rings is 1. The van der Waals surface area contributed by atoms with E-state index in [1.54, 1.807) is 17.5 Å². The number of nitrogens with two attached hydrogens (primary N) is 1. The molecule has 0 unspecified atom stereocenters. The molecule has 5 aromatic rings. The Morgan fingerprint density at radius 3 is 2.74 bits per heavy atom. The molecule has 0 spiro atoms. The van der Waals surface area contributed by atoms with Crippen LogP contribution in [0.5, 0.6) is 0 Å². The molecule has 6 heteroatoms. The number of anilines is 1. The van der Waals surface area contributed by atoms with Gasteiger partial charge in [0.2, 0.25) is 0 Å². The highest BCUT2D eigenvalue weighted by atomic mass is 32.1. The molecule has 0 amide bonds. The summed E-state index contributed by atoms with van der Waals surface area (Å²) in [4.78, 5) is 18.6. The molecule has 0 saturated carbocycles. The summed E-state index contributed by atoms with van der Waals surface area (Å²) in [6.45, 7) is 2.10. The van der Waals surface area contributed by atoms with Gasteiger partial charge in [-0.25, -0.2) is 15.0 Å².